The third kappa shape index (κ3) is 32.1. The quantitative estimate of drug-likeness (QED) is 0.0197. The topological polar surface area (TPSA) is 186 Å². The van der Waals surface area contributed by atoms with Gasteiger partial charge in [-0.2, -0.15) is 8.42 Å². The number of hydrogen-bond acceptors (Lipinski definition) is 11. The molecule has 0 spiro atoms. The molecule has 6 unspecified atom stereocenters. The van der Waals surface area contributed by atoms with Gasteiger partial charge in [0.25, 0.3) is 10.1 Å². The van der Waals surface area contributed by atoms with Gasteiger partial charge in [-0.05, 0) is 38.5 Å². The summed E-state index contributed by atoms with van der Waals surface area (Å²) in [6, 6.07) is 0. The summed E-state index contributed by atoms with van der Waals surface area (Å²) in [5, 5.41) is 30.9. The van der Waals surface area contributed by atoms with Crippen LogP contribution in [0, 0.1) is 0 Å². The van der Waals surface area contributed by atoms with Gasteiger partial charge in [0.05, 0.1) is 6.61 Å². The van der Waals surface area contributed by atoms with Crippen LogP contribution >= 0.6 is 0 Å². The third-order valence-corrected chi connectivity index (χ3v) is 12.1. The average Bonchev–Trinajstić information content (AvgIpc) is 3.21. The molecule has 6 atom stereocenters. The minimum atomic E-state index is -4.60. The summed E-state index contributed by atoms with van der Waals surface area (Å²) in [5.41, 5.74) is 0. The third-order valence-electron chi connectivity index (χ3n) is 11.3. The van der Waals surface area contributed by atoms with E-state index in [1.54, 1.807) is 0 Å². The van der Waals surface area contributed by atoms with Crippen LogP contribution in [0.2, 0.25) is 0 Å². The molecule has 1 rings (SSSR count). The minimum absolute atomic E-state index is 0.158. The van der Waals surface area contributed by atoms with E-state index >= 15 is 0 Å². The zero-order chi connectivity index (χ0) is 44.1. The molecule has 354 valence electrons. The summed E-state index contributed by atoms with van der Waals surface area (Å²) in [7, 11) is -4.60. The fourth-order valence-corrected chi connectivity index (χ4v) is 8.25. The monoisotopic (exact) mass is 877 g/mol. The molecule has 0 aliphatic carbocycles. The Kier molecular flexibility index (Phi) is 35.6. The summed E-state index contributed by atoms with van der Waals surface area (Å²) in [5.74, 6) is -1.98. The molecular weight excluding hydrogens is 789 g/mol. The molecule has 0 aromatic carbocycles. The Bertz CT molecular complexity index is 1170. The smallest absolute Gasteiger partial charge is 0.306 e. The number of rotatable bonds is 41. The number of unbranched alkanes of at least 4 members (excludes halogenated alkanes) is 27. The van der Waals surface area contributed by atoms with Crippen molar-refractivity contribution in [1.29, 1.82) is 0 Å². The number of allylic oxidation sites excluding steroid dienone is 2. The maximum absolute atomic E-state index is 12.8. The highest BCUT2D eigenvalue weighted by molar-refractivity contribution is 7.85. The Morgan fingerprint density at radius 1 is 0.550 bits per heavy atom. The fraction of sp³-hybridized carbons (Fsp3) is 0.915. The van der Waals surface area contributed by atoms with Gasteiger partial charge in [0.2, 0.25) is 0 Å². The van der Waals surface area contributed by atoms with Gasteiger partial charge in [-0.3, -0.25) is 14.1 Å². The highest BCUT2D eigenvalue weighted by atomic mass is 32.2. The molecule has 1 aliphatic heterocycles. The zero-order valence-corrected chi connectivity index (χ0v) is 38.6. The first-order valence-corrected chi connectivity index (χ1v) is 25.9. The van der Waals surface area contributed by atoms with Gasteiger partial charge in [-0.1, -0.05) is 180 Å². The van der Waals surface area contributed by atoms with E-state index in [2.05, 4.69) is 26.0 Å². The van der Waals surface area contributed by atoms with E-state index in [0.29, 0.717) is 12.8 Å². The summed E-state index contributed by atoms with van der Waals surface area (Å²) in [6.07, 6.45) is 31.1. The lowest BCUT2D eigenvalue weighted by molar-refractivity contribution is -0.297. The van der Waals surface area contributed by atoms with Gasteiger partial charge in [-0.25, -0.2) is 0 Å². The Balaban J connectivity index is 2.38. The second-order valence-corrected chi connectivity index (χ2v) is 18.6. The van der Waals surface area contributed by atoms with Crippen molar-refractivity contribution in [3.8, 4) is 0 Å². The van der Waals surface area contributed by atoms with Crippen molar-refractivity contribution in [1.82, 2.24) is 0 Å². The fourth-order valence-electron chi connectivity index (χ4n) is 7.56. The molecule has 0 saturated carbocycles. The lowest BCUT2D eigenvalue weighted by Crippen LogP contribution is -2.60. The Labute approximate surface area is 365 Å². The van der Waals surface area contributed by atoms with E-state index < -0.39 is 71.2 Å². The van der Waals surface area contributed by atoms with Crippen LogP contribution in [0.5, 0.6) is 0 Å². The van der Waals surface area contributed by atoms with E-state index in [1.807, 2.05) is 0 Å². The summed E-state index contributed by atoms with van der Waals surface area (Å²) in [6.45, 7) is 3.76. The summed E-state index contributed by atoms with van der Waals surface area (Å²) >= 11 is 0. The molecule has 0 aromatic rings. The molecule has 60 heavy (non-hydrogen) atoms. The Hall–Kier alpha value is -1.61. The van der Waals surface area contributed by atoms with Crippen molar-refractivity contribution in [2.45, 2.75) is 256 Å². The van der Waals surface area contributed by atoms with Gasteiger partial charge >= 0.3 is 11.9 Å². The molecule has 1 aliphatic rings. The first-order chi connectivity index (χ1) is 29.0. The molecule has 1 fully saturated rings. The molecule has 0 amide bonds. The predicted molar refractivity (Wildman–Crippen MR) is 238 cm³/mol. The van der Waals surface area contributed by atoms with E-state index in [1.165, 1.54) is 122 Å². The highest BCUT2D eigenvalue weighted by Crippen LogP contribution is 2.24. The zero-order valence-electron chi connectivity index (χ0n) is 37.8. The van der Waals surface area contributed by atoms with Crippen molar-refractivity contribution in [3.05, 3.63) is 12.2 Å². The maximum Gasteiger partial charge on any atom is 0.306 e. The van der Waals surface area contributed by atoms with Crippen molar-refractivity contribution in [3.63, 3.8) is 0 Å². The van der Waals surface area contributed by atoms with Crippen molar-refractivity contribution in [2.75, 3.05) is 19.0 Å². The molecular formula is C47H88O12S. The maximum atomic E-state index is 12.8. The molecule has 12 nitrogen and oxygen atoms in total. The van der Waals surface area contributed by atoms with Crippen molar-refractivity contribution < 1.29 is 56.8 Å². The van der Waals surface area contributed by atoms with Gasteiger partial charge in [0.1, 0.15) is 36.8 Å². The van der Waals surface area contributed by atoms with Crippen LogP contribution in [0.25, 0.3) is 0 Å². The van der Waals surface area contributed by atoms with E-state index in [-0.39, 0.29) is 19.4 Å². The molecule has 0 bridgehead atoms. The molecule has 13 heteroatoms. The standard InChI is InChI=1S/C47H88O12S/c1-3-5-7-9-11-13-15-17-18-19-20-21-22-24-25-27-29-31-33-35-42(48)56-37-40(38-57-47-46(52)45(51)44(50)41(59-47)39-60(53,54)55)58-43(49)36-34-32-30-28-26-23-16-14-12-10-8-6-4-2/h14,16,40-41,44-47,50-52H,3-13,15,17-39H2,1-2H3,(H,53,54,55)/b16-14-. The first kappa shape index (κ1) is 56.4. The van der Waals surface area contributed by atoms with Crippen LogP contribution in [-0.4, -0.2) is 96.0 Å². The SMILES string of the molecule is CCCCCC/C=C\CCCCCCCC(=O)OC(COC(=O)CCCCCCCCCCCCCCCCCCCCC)COC1OC(CS(=O)(=O)O)C(O)C(O)C1O. The second kappa shape index (κ2) is 37.9. The number of carbonyl (C=O) groups excluding carboxylic acids is 2. The molecule has 1 heterocycles. The average molecular weight is 877 g/mol. The molecule has 0 radical (unpaired) electrons. The number of ether oxygens (including phenoxy) is 4. The first-order valence-electron chi connectivity index (χ1n) is 24.2. The predicted octanol–water partition coefficient (Wildman–Crippen LogP) is 10.2. The normalized spacial score (nSPS) is 20.1. The number of hydrogen-bond donors (Lipinski definition) is 4. The Morgan fingerprint density at radius 2 is 0.950 bits per heavy atom. The minimum Gasteiger partial charge on any atom is -0.462 e. The van der Waals surface area contributed by atoms with Crippen LogP contribution in [0.3, 0.4) is 0 Å². The Morgan fingerprint density at radius 3 is 1.40 bits per heavy atom. The van der Waals surface area contributed by atoms with Crippen molar-refractivity contribution >= 4 is 22.1 Å². The summed E-state index contributed by atoms with van der Waals surface area (Å²) < 4.78 is 54.1. The van der Waals surface area contributed by atoms with Gasteiger partial charge in [-0.15, -0.1) is 0 Å². The number of carbonyl (C=O) groups is 2. The van der Waals surface area contributed by atoms with Gasteiger partial charge in [0.15, 0.2) is 12.4 Å². The van der Waals surface area contributed by atoms with Crippen LogP contribution in [0.15, 0.2) is 12.2 Å². The van der Waals surface area contributed by atoms with E-state index in [0.717, 1.165) is 57.8 Å². The van der Waals surface area contributed by atoms with Gasteiger partial charge in [0, 0.05) is 12.8 Å². The van der Waals surface area contributed by atoms with Crippen LogP contribution in [0.4, 0.5) is 0 Å². The van der Waals surface area contributed by atoms with Crippen molar-refractivity contribution in [2.24, 2.45) is 0 Å². The molecule has 4 N–H and O–H groups in total. The largest absolute Gasteiger partial charge is 0.462 e. The number of aliphatic hydroxyl groups is 3. The van der Waals surface area contributed by atoms with Crippen LogP contribution in [-0.2, 0) is 38.7 Å². The number of esters is 2. The lowest BCUT2D eigenvalue weighted by Gasteiger charge is -2.40. The number of aliphatic hydroxyl groups excluding tert-OH is 3. The van der Waals surface area contributed by atoms with E-state index in [9.17, 15) is 37.9 Å². The van der Waals surface area contributed by atoms with Crippen LogP contribution < -0.4 is 0 Å². The molecule has 1 saturated heterocycles. The second-order valence-electron chi connectivity index (χ2n) is 17.1. The lowest BCUT2D eigenvalue weighted by atomic mass is 10.00. The molecule has 0 aromatic heterocycles. The highest BCUT2D eigenvalue weighted by Gasteiger charge is 2.46. The van der Waals surface area contributed by atoms with E-state index in [4.69, 9.17) is 18.9 Å². The summed E-state index contributed by atoms with van der Waals surface area (Å²) in [4.78, 5) is 25.4. The van der Waals surface area contributed by atoms with Crippen LogP contribution in [0.1, 0.15) is 219 Å². The van der Waals surface area contributed by atoms with Gasteiger partial charge < -0.3 is 34.3 Å².